The van der Waals surface area contributed by atoms with Gasteiger partial charge in [-0.15, -0.1) is 11.3 Å². The lowest BCUT2D eigenvalue weighted by atomic mass is 10.2. The number of nitrogens with zero attached hydrogens (tertiary/aromatic N) is 1. The number of hydrogen-bond donors (Lipinski definition) is 0. The maximum atomic E-state index is 11.9. The molecule has 0 N–H and O–H groups in total. The number of hydrogen-bond acceptors (Lipinski definition) is 4. The molecule has 0 bridgehead atoms. The minimum Gasteiger partial charge on any atom is -0.442 e. The smallest absolute Gasteiger partial charge is 0.276 e. The Bertz CT molecular complexity index is 693. The van der Waals surface area contributed by atoms with Crippen molar-refractivity contribution in [1.29, 1.82) is 0 Å². The van der Waals surface area contributed by atoms with Crippen molar-refractivity contribution in [3.05, 3.63) is 15.3 Å². The third-order valence-electron chi connectivity index (χ3n) is 2.97. The summed E-state index contributed by atoms with van der Waals surface area (Å²) in [5.41, 5.74) is 1.56. The minimum atomic E-state index is -3.38. The van der Waals surface area contributed by atoms with E-state index in [2.05, 4.69) is 0 Å². The van der Waals surface area contributed by atoms with Crippen molar-refractivity contribution < 1.29 is 12.8 Å². The zero-order valence-electron chi connectivity index (χ0n) is 9.20. The van der Waals surface area contributed by atoms with E-state index in [1.54, 1.807) is 18.4 Å². The molecule has 0 aliphatic carbocycles. The van der Waals surface area contributed by atoms with E-state index >= 15 is 0 Å². The van der Waals surface area contributed by atoms with Crippen molar-refractivity contribution in [3.63, 3.8) is 0 Å². The molecule has 3 rings (SSSR count). The summed E-state index contributed by atoms with van der Waals surface area (Å²) >= 11 is 1.65. The monoisotopic (exact) mass is 257 g/mol. The number of furan rings is 1. The van der Waals surface area contributed by atoms with Crippen LogP contribution < -0.4 is 0 Å². The van der Waals surface area contributed by atoms with E-state index in [0.29, 0.717) is 6.54 Å². The number of fused-ring (bicyclic) bond motifs is 3. The van der Waals surface area contributed by atoms with Crippen LogP contribution in [0.25, 0.3) is 11.0 Å². The van der Waals surface area contributed by atoms with Gasteiger partial charge in [0.25, 0.3) is 10.0 Å². The first-order chi connectivity index (χ1) is 7.43. The fourth-order valence-electron chi connectivity index (χ4n) is 2.19. The molecule has 16 heavy (non-hydrogen) atoms. The lowest BCUT2D eigenvalue weighted by Gasteiger charge is -2.04. The Morgan fingerprint density at radius 3 is 2.69 bits per heavy atom. The number of aryl methyl sites for hydroxylation is 2. The van der Waals surface area contributed by atoms with Crippen molar-refractivity contribution in [2.45, 2.75) is 25.5 Å². The van der Waals surface area contributed by atoms with Gasteiger partial charge >= 0.3 is 0 Å². The van der Waals surface area contributed by atoms with Crippen molar-refractivity contribution >= 4 is 32.3 Å². The number of rotatable bonds is 0. The Labute approximate surface area is 97.5 Å². The zero-order valence-corrected chi connectivity index (χ0v) is 10.8. The van der Waals surface area contributed by atoms with Gasteiger partial charge in [-0.25, -0.2) is 8.42 Å². The molecule has 0 aromatic carbocycles. The highest BCUT2D eigenvalue weighted by molar-refractivity contribution is 7.89. The molecule has 0 spiro atoms. The predicted octanol–water partition coefficient (Wildman–Crippen LogP) is 2.25. The molecule has 4 nitrogen and oxygen atoms in total. The highest BCUT2D eigenvalue weighted by Gasteiger charge is 2.38. The van der Waals surface area contributed by atoms with E-state index in [1.807, 2.05) is 13.8 Å². The second-order valence-corrected chi connectivity index (χ2v) is 7.42. The van der Waals surface area contributed by atoms with E-state index < -0.39 is 10.0 Å². The Kier molecular flexibility index (Phi) is 1.86. The molecule has 0 saturated carbocycles. The first kappa shape index (κ1) is 10.3. The van der Waals surface area contributed by atoms with E-state index in [0.717, 1.165) is 26.3 Å². The quantitative estimate of drug-likeness (QED) is 0.727. The van der Waals surface area contributed by atoms with Crippen LogP contribution in [0.15, 0.2) is 9.51 Å². The Morgan fingerprint density at radius 1 is 1.31 bits per heavy atom. The molecule has 2 aromatic rings. The van der Waals surface area contributed by atoms with Crippen LogP contribution in [0, 0.1) is 13.8 Å². The molecule has 1 aliphatic heterocycles. The van der Waals surface area contributed by atoms with Crippen LogP contribution in [0.1, 0.15) is 15.3 Å². The summed E-state index contributed by atoms with van der Waals surface area (Å²) in [6, 6.07) is 0. The van der Waals surface area contributed by atoms with Gasteiger partial charge in [0.05, 0.1) is 0 Å². The van der Waals surface area contributed by atoms with Crippen molar-refractivity contribution in [2.75, 3.05) is 7.05 Å². The summed E-state index contributed by atoms with van der Waals surface area (Å²) < 4.78 is 30.7. The first-order valence-electron chi connectivity index (χ1n) is 4.90. The van der Waals surface area contributed by atoms with E-state index in [-0.39, 0.29) is 5.09 Å². The van der Waals surface area contributed by atoms with Crippen LogP contribution >= 0.6 is 11.3 Å². The van der Waals surface area contributed by atoms with Crippen molar-refractivity contribution in [2.24, 2.45) is 0 Å². The lowest BCUT2D eigenvalue weighted by molar-refractivity contribution is 0.460. The predicted molar refractivity (Wildman–Crippen MR) is 62.2 cm³/mol. The van der Waals surface area contributed by atoms with Gasteiger partial charge in [-0.1, -0.05) is 0 Å². The highest BCUT2D eigenvalue weighted by atomic mass is 32.2. The molecule has 0 unspecified atom stereocenters. The topological polar surface area (TPSA) is 50.5 Å². The standard InChI is InChI=1S/C10H11NO3S2/c1-5-8-7-4-11(3)16(12,13)10(7)14-9(8)6(2)15-5/h4H2,1-3H3. The van der Waals surface area contributed by atoms with Crippen molar-refractivity contribution in [1.82, 2.24) is 4.31 Å². The molecular weight excluding hydrogens is 246 g/mol. The van der Waals surface area contributed by atoms with Crippen LogP contribution in [0.2, 0.25) is 0 Å². The van der Waals surface area contributed by atoms with Crippen LogP contribution in [0.4, 0.5) is 0 Å². The first-order valence-corrected chi connectivity index (χ1v) is 7.16. The summed E-state index contributed by atoms with van der Waals surface area (Å²) in [6.45, 7) is 4.37. The van der Waals surface area contributed by atoms with Gasteiger partial charge in [-0.2, -0.15) is 4.31 Å². The minimum absolute atomic E-state index is 0.138. The Hall–Kier alpha value is -0.850. The SMILES string of the molecule is Cc1sc(C)c2c3c(oc12)S(=O)(=O)N(C)C3. The molecule has 86 valence electrons. The van der Waals surface area contributed by atoms with E-state index in [4.69, 9.17) is 4.42 Å². The van der Waals surface area contributed by atoms with Gasteiger partial charge in [0.1, 0.15) is 5.58 Å². The van der Waals surface area contributed by atoms with Gasteiger partial charge in [0.2, 0.25) is 5.09 Å². The van der Waals surface area contributed by atoms with Gasteiger partial charge in [0, 0.05) is 34.3 Å². The molecule has 1 aliphatic rings. The highest BCUT2D eigenvalue weighted by Crippen LogP contribution is 2.42. The molecule has 2 aromatic heterocycles. The molecule has 0 fully saturated rings. The summed E-state index contributed by atoms with van der Waals surface area (Å²) in [5.74, 6) is 0. The molecular formula is C10H11NO3S2. The average Bonchev–Trinajstić information content (AvgIpc) is 2.73. The van der Waals surface area contributed by atoms with Crippen LogP contribution in [-0.4, -0.2) is 19.8 Å². The third-order valence-corrected chi connectivity index (χ3v) is 5.72. The van der Waals surface area contributed by atoms with Gasteiger partial charge in [-0.05, 0) is 13.8 Å². The summed E-state index contributed by atoms with van der Waals surface area (Å²) in [4.78, 5) is 2.17. The fourth-order valence-corrected chi connectivity index (χ4v) is 4.46. The van der Waals surface area contributed by atoms with Crippen LogP contribution in [-0.2, 0) is 16.6 Å². The molecule has 6 heteroatoms. The maximum absolute atomic E-state index is 11.9. The molecule has 3 heterocycles. The van der Waals surface area contributed by atoms with Crippen LogP contribution in [0.3, 0.4) is 0 Å². The largest absolute Gasteiger partial charge is 0.442 e. The van der Waals surface area contributed by atoms with E-state index in [1.165, 1.54) is 4.31 Å². The molecule has 0 atom stereocenters. The van der Waals surface area contributed by atoms with Crippen molar-refractivity contribution in [3.8, 4) is 0 Å². The fraction of sp³-hybridized carbons (Fsp3) is 0.400. The average molecular weight is 257 g/mol. The lowest BCUT2D eigenvalue weighted by Crippen LogP contribution is -2.18. The zero-order chi connectivity index (χ0) is 11.7. The number of sulfonamides is 1. The number of thiophene rings is 1. The normalized spacial score (nSPS) is 19.4. The second-order valence-electron chi connectivity index (χ2n) is 4.05. The van der Waals surface area contributed by atoms with Crippen LogP contribution in [0.5, 0.6) is 0 Å². The maximum Gasteiger partial charge on any atom is 0.276 e. The van der Waals surface area contributed by atoms with Gasteiger partial charge in [-0.3, -0.25) is 0 Å². The van der Waals surface area contributed by atoms with Gasteiger partial charge < -0.3 is 4.42 Å². The third kappa shape index (κ3) is 1.04. The summed E-state index contributed by atoms with van der Waals surface area (Å²) in [6.07, 6.45) is 0. The summed E-state index contributed by atoms with van der Waals surface area (Å²) in [7, 11) is -1.80. The Balaban J connectivity index is 2.47. The molecule has 0 radical (unpaired) electrons. The molecule has 0 saturated heterocycles. The molecule has 0 amide bonds. The Morgan fingerprint density at radius 2 is 2.00 bits per heavy atom. The summed E-state index contributed by atoms with van der Waals surface area (Å²) in [5, 5.41) is 1.13. The second kappa shape index (κ2) is 2.88. The van der Waals surface area contributed by atoms with Gasteiger partial charge in [0.15, 0.2) is 0 Å². The van der Waals surface area contributed by atoms with E-state index in [9.17, 15) is 8.42 Å².